The average molecular weight is 493 g/mol. The third-order valence-corrected chi connectivity index (χ3v) is 6.33. The van der Waals surface area contributed by atoms with E-state index in [4.69, 9.17) is 4.98 Å². The summed E-state index contributed by atoms with van der Waals surface area (Å²) in [6.07, 6.45) is 3.76. The highest BCUT2D eigenvalue weighted by Crippen LogP contribution is 2.36. The van der Waals surface area contributed by atoms with Crippen molar-refractivity contribution in [2.45, 2.75) is 18.9 Å². The Balaban J connectivity index is 1.68. The highest BCUT2D eigenvalue weighted by molar-refractivity contribution is 9.10. The maximum absolute atomic E-state index is 13.1. The molecule has 0 radical (unpaired) electrons. The summed E-state index contributed by atoms with van der Waals surface area (Å²) in [7, 11) is 0. The predicted molar refractivity (Wildman–Crippen MR) is 131 cm³/mol. The molecule has 1 aliphatic rings. The SMILES string of the molecule is C=CCN(CC=C)C(=O)Cn1c(C2CC(=O)N(c3ccccc3Br)C2)nc2ccccc21. The van der Waals surface area contributed by atoms with Crippen LogP contribution in [0.1, 0.15) is 18.2 Å². The summed E-state index contributed by atoms with van der Waals surface area (Å²) in [5, 5.41) is 0. The second kappa shape index (κ2) is 9.53. The summed E-state index contributed by atoms with van der Waals surface area (Å²) in [5.74, 6) is 0.662. The van der Waals surface area contributed by atoms with Crippen LogP contribution < -0.4 is 4.90 Å². The summed E-state index contributed by atoms with van der Waals surface area (Å²) in [6, 6.07) is 15.5. The molecule has 7 heteroatoms. The minimum atomic E-state index is -0.109. The van der Waals surface area contributed by atoms with Gasteiger partial charge in [-0.1, -0.05) is 36.4 Å². The van der Waals surface area contributed by atoms with Gasteiger partial charge in [0.15, 0.2) is 0 Å². The van der Waals surface area contributed by atoms with Crippen molar-refractivity contribution in [3.05, 3.63) is 84.1 Å². The number of para-hydroxylation sites is 3. The molecule has 2 aromatic carbocycles. The molecule has 1 atom stereocenters. The smallest absolute Gasteiger partial charge is 0.243 e. The molecule has 2 amide bonds. The second-order valence-electron chi connectivity index (χ2n) is 7.78. The Kier molecular flexibility index (Phi) is 6.55. The van der Waals surface area contributed by atoms with Crippen molar-refractivity contribution in [2.24, 2.45) is 0 Å². The molecule has 3 aromatic rings. The number of carbonyl (C=O) groups is 2. The van der Waals surface area contributed by atoms with Gasteiger partial charge in [0, 0.05) is 36.4 Å². The minimum absolute atomic E-state index is 0.0406. The van der Waals surface area contributed by atoms with Crippen molar-refractivity contribution in [1.29, 1.82) is 0 Å². The summed E-state index contributed by atoms with van der Waals surface area (Å²) in [6.45, 7) is 9.07. The first kappa shape index (κ1) is 22.0. The van der Waals surface area contributed by atoms with E-state index in [-0.39, 0.29) is 24.3 Å². The number of rotatable bonds is 8. The number of amides is 2. The molecule has 4 rings (SSSR count). The number of halogens is 1. The number of carbonyl (C=O) groups excluding carboxylic acids is 2. The van der Waals surface area contributed by atoms with Crippen LogP contribution in [0.4, 0.5) is 5.69 Å². The predicted octanol–water partition coefficient (Wildman–Crippen LogP) is 4.52. The molecule has 2 heterocycles. The zero-order chi connectivity index (χ0) is 22.7. The van der Waals surface area contributed by atoms with Gasteiger partial charge in [-0.15, -0.1) is 13.2 Å². The standard InChI is InChI=1S/C25H25BrN4O2/c1-3-13-28(14-4-2)24(32)17-30-22-12-8-6-10-20(22)27-25(30)18-15-23(31)29(16-18)21-11-7-5-9-19(21)26/h3-12,18H,1-2,13-17H2. The van der Waals surface area contributed by atoms with Crippen molar-refractivity contribution in [2.75, 3.05) is 24.5 Å². The van der Waals surface area contributed by atoms with Crippen molar-refractivity contribution >= 4 is 44.5 Å². The van der Waals surface area contributed by atoms with E-state index < -0.39 is 0 Å². The van der Waals surface area contributed by atoms with E-state index in [1.165, 1.54) is 0 Å². The molecule has 1 aromatic heterocycles. The lowest BCUT2D eigenvalue weighted by Gasteiger charge is -2.21. The van der Waals surface area contributed by atoms with Gasteiger partial charge in [-0.25, -0.2) is 4.98 Å². The van der Waals surface area contributed by atoms with Crippen LogP contribution in [0.5, 0.6) is 0 Å². The van der Waals surface area contributed by atoms with E-state index in [1.54, 1.807) is 22.0 Å². The van der Waals surface area contributed by atoms with Gasteiger partial charge in [-0.3, -0.25) is 9.59 Å². The number of hydrogen-bond donors (Lipinski definition) is 0. The van der Waals surface area contributed by atoms with Crippen LogP contribution >= 0.6 is 15.9 Å². The summed E-state index contributed by atoms with van der Waals surface area (Å²) < 4.78 is 2.83. The number of aromatic nitrogens is 2. The summed E-state index contributed by atoms with van der Waals surface area (Å²) in [5.41, 5.74) is 2.56. The first-order chi connectivity index (χ1) is 15.5. The first-order valence-electron chi connectivity index (χ1n) is 10.5. The largest absolute Gasteiger partial charge is 0.334 e. The van der Waals surface area contributed by atoms with Gasteiger partial charge >= 0.3 is 0 Å². The Bertz CT molecular complexity index is 1180. The van der Waals surface area contributed by atoms with Crippen molar-refractivity contribution in [3.8, 4) is 0 Å². The molecule has 32 heavy (non-hydrogen) atoms. The van der Waals surface area contributed by atoms with Gasteiger partial charge in [0.1, 0.15) is 12.4 Å². The maximum atomic E-state index is 13.1. The van der Waals surface area contributed by atoms with Crippen molar-refractivity contribution < 1.29 is 9.59 Å². The fraction of sp³-hybridized carbons (Fsp3) is 0.240. The Morgan fingerprint density at radius 2 is 1.81 bits per heavy atom. The van der Waals surface area contributed by atoms with Crippen LogP contribution in [0.2, 0.25) is 0 Å². The number of hydrogen-bond acceptors (Lipinski definition) is 3. The molecule has 6 nitrogen and oxygen atoms in total. The number of nitrogens with zero attached hydrogens (tertiary/aromatic N) is 4. The Morgan fingerprint density at radius 3 is 2.53 bits per heavy atom. The van der Waals surface area contributed by atoms with Crippen LogP contribution in [0.25, 0.3) is 11.0 Å². The van der Waals surface area contributed by atoms with E-state index in [2.05, 4.69) is 29.1 Å². The van der Waals surface area contributed by atoms with Crippen LogP contribution in [0.15, 0.2) is 78.3 Å². The van der Waals surface area contributed by atoms with E-state index >= 15 is 0 Å². The molecule has 1 aliphatic heterocycles. The van der Waals surface area contributed by atoms with Crippen LogP contribution in [-0.4, -0.2) is 45.9 Å². The van der Waals surface area contributed by atoms with Gasteiger partial charge < -0.3 is 14.4 Å². The minimum Gasteiger partial charge on any atom is -0.334 e. The van der Waals surface area contributed by atoms with Gasteiger partial charge in [0.2, 0.25) is 11.8 Å². The average Bonchev–Trinajstić information content (AvgIpc) is 3.34. The van der Waals surface area contributed by atoms with Gasteiger partial charge in [0.25, 0.3) is 0 Å². The normalized spacial score (nSPS) is 15.8. The Morgan fingerprint density at radius 1 is 1.12 bits per heavy atom. The molecule has 1 unspecified atom stereocenters. The molecule has 1 fully saturated rings. The molecule has 0 saturated carbocycles. The lowest BCUT2D eigenvalue weighted by atomic mass is 10.1. The molecule has 0 N–H and O–H groups in total. The van der Waals surface area contributed by atoms with Gasteiger partial charge in [-0.2, -0.15) is 0 Å². The molecule has 0 spiro atoms. The number of benzene rings is 2. The van der Waals surface area contributed by atoms with E-state index in [1.807, 2.05) is 53.1 Å². The third kappa shape index (κ3) is 4.25. The molecule has 1 saturated heterocycles. The van der Waals surface area contributed by atoms with Crippen LogP contribution in [0.3, 0.4) is 0 Å². The monoisotopic (exact) mass is 492 g/mol. The highest BCUT2D eigenvalue weighted by Gasteiger charge is 2.35. The third-order valence-electron chi connectivity index (χ3n) is 5.66. The molecular weight excluding hydrogens is 468 g/mol. The second-order valence-corrected chi connectivity index (χ2v) is 8.63. The Hall–Kier alpha value is -3.19. The van der Waals surface area contributed by atoms with Crippen molar-refractivity contribution in [3.63, 3.8) is 0 Å². The number of imidazole rings is 1. The quantitative estimate of drug-likeness (QED) is 0.434. The zero-order valence-electron chi connectivity index (χ0n) is 17.8. The van der Waals surface area contributed by atoms with E-state index in [0.717, 1.165) is 27.0 Å². The van der Waals surface area contributed by atoms with E-state index in [0.29, 0.717) is 26.1 Å². The van der Waals surface area contributed by atoms with Crippen LogP contribution in [-0.2, 0) is 16.1 Å². The lowest BCUT2D eigenvalue weighted by Crippen LogP contribution is -2.34. The fourth-order valence-corrected chi connectivity index (χ4v) is 4.68. The molecule has 164 valence electrons. The van der Waals surface area contributed by atoms with Crippen molar-refractivity contribution in [1.82, 2.24) is 14.5 Å². The molecular formula is C25H25BrN4O2. The van der Waals surface area contributed by atoms with Crippen LogP contribution in [0, 0.1) is 0 Å². The first-order valence-corrected chi connectivity index (χ1v) is 11.3. The lowest BCUT2D eigenvalue weighted by molar-refractivity contribution is -0.130. The zero-order valence-corrected chi connectivity index (χ0v) is 19.4. The molecule has 0 aliphatic carbocycles. The highest BCUT2D eigenvalue weighted by atomic mass is 79.9. The number of anilines is 1. The fourth-order valence-electron chi connectivity index (χ4n) is 4.18. The number of fused-ring (bicyclic) bond motifs is 1. The Labute approximate surface area is 196 Å². The van der Waals surface area contributed by atoms with E-state index in [9.17, 15) is 9.59 Å². The van der Waals surface area contributed by atoms with Gasteiger partial charge in [-0.05, 0) is 40.2 Å². The molecule has 0 bridgehead atoms. The maximum Gasteiger partial charge on any atom is 0.243 e. The summed E-state index contributed by atoms with van der Waals surface area (Å²) >= 11 is 3.55. The topological polar surface area (TPSA) is 58.4 Å². The van der Waals surface area contributed by atoms with Gasteiger partial charge in [0.05, 0.1) is 16.7 Å². The summed E-state index contributed by atoms with van der Waals surface area (Å²) in [4.78, 5) is 34.3.